The summed E-state index contributed by atoms with van der Waals surface area (Å²) in [7, 11) is 4.12. The summed E-state index contributed by atoms with van der Waals surface area (Å²) in [6.07, 6.45) is 8.13. The highest BCUT2D eigenvalue weighted by atomic mass is 79.9. The summed E-state index contributed by atoms with van der Waals surface area (Å²) in [5.41, 5.74) is 0.709. The van der Waals surface area contributed by atoms with Crippen LogP contribution in [-0.2, 0) is 4.79 Å². The second kappa shape index (κ2) is 10.6. The van der Waals surface area contributed by atoms with Crippen LogP contribution in [0.25, 0.3) is 0 Å². The Hall–Kier alpha value is -1.40. The molecule has 1 aliphatic heterocycles. The predicted molar refractivity (Wildman–Crippen MR) is 120 cm³/mol. The number of carbonyl (C=O) groups excluding carboxylic acids is 2. The van der Waals surface area contributed by atoms with E-state index in [1.165, 1.54) is 32.1 Å². The second-order valence-electron chi connectivity index (χ2n) is 8.61. The molecule has 2 fully saturated rings. The van der Waals surface area contributed by atoms with Crippen LogP contribution in [0.3, 0.4) is 0 Å². The monoisotopic (exact) mass is 463 g/mol. The molecule has 0 atom stereocenters. The fourth-order valence-electron chi connectivity index (χ4n) is 4.54. The van der Waals surface area contributed by atoms with Gasteiger partial charge in [-0.1, -0.05) is 35.2 Å². The Morgan fingerprint density at radius 1 is 0.966 bits per heavy atom. The van der Waals surface area contributed by atoms with E-state index < -0.39 is 0 Å². The van der Waals surface area contributed by atoms with E-state index in [2.05, 4.69) is 27.9 Å². The Bertz CT molecular complexity index is 680. The number of halogens is 1. The van der Waals surface area contributed by atoms with Gasteiger partial charge in [0, 0.05) is 55.2 Å². The third-order valence-electron chi connectivity index (χ3n) is 6.58. The molecule has 0 bridgehead atoms. The van der Waals surface area contributed by atoms with Crippen LogP contribution in [0.5, 0.6) is 0 Å². The Labute approximate surface area is 183 Å². The first kappa shape index (κ1) is 22.3. The summed E-state index contributed by atoms with van der Waals surface area (Å²) in [6.45, 7) is 3.03. The molecule has 1 saturated carbocycles. The smallest absolute Gasteiger partial charge is 0.253 e. The molecule has 1 saturated heterocycles. The largest absolute Gasteiger partial charge is 0.344 e. The molecule has 0 unspecified atom stereocenters. The minimum absolute atomic E-state index is 0.0361. The second-order valence-corrected chi connectivity index (χ2v) is 9.52. The number of nitrogens with zero attached hydrogens (tertiary/aromatic N) is 3. The molecule has 1 aromatic carbocycles. The molecule has 1 aromatic rings. The number of hydrogen-bond donors (Lipinski definition) is 0. The summed E-state index contributed by atoms with van der Waals surface area (Å²) in [4.78, 5) is 31.7. The van der Waals surface area contributed by atoms with E-state index in [1.54, 1.807) is 0 Å². The van der Waals surface area contributed by atoms with E-state index in [-0.39, 0.29) is 17.7 Å². The summed E-state index contributed by atoms with van der Waals surface area (Å²) >= 11 is 3.40. The number of benzene rings is 1. The first-order valence-electron chi connectivity index (χ1n) is 11.0. The van der Waals surface area contributed by atoms with Crippen LogP contribution < -0.4 is 0 Å². The predicted octanol–water partition coefficient (Wildman–Crippen LogP) is 4.02. The maximum Gasteiger partial charge on any atom is 0.253 e. The number of likely N-dealkylation sites (tertiary alicyclic amines) is 1. The lowest BCUT2D eigenvalue weighted by atomic mass is 9.94. The van der Waals surface area contributed by atoms with Crippen molar-refractivity contribution in [2.45, 2.75) is 51.0 Å². The first-order valence-corrected chi connectivity index (χ1v) is 11.7. The number of likely N-dealkylation sites (N-methyl/N-ethyl adjacent to an activating group) is 2. The maximum absolute atomic E-state index is 12.9. The van der Waals surface area contributed by atoms with Crippen LogP contribution in [0.1, 0.15) is 55.3 Å². The molecule has 6 heteroatoms. The van der Waals surface area contributed by atoms with Crippen LogP contribution in [0.4, 0.5) is 0 Å². The lowest BCUT2D eigenvalue weighted by molar-refractivity contribution is -0.135. The van der Waals surface area contributed by atoms with E-state index in [1.807, 2.05) is 41.1 Å². The van der Waals surface area contributed by atoms with Gasteiger partial charge in [0.05, 0.1) is 0 Å². The zero-order valence-corrected chi connectivity index (χ0v) is 19.4. The standard InChI is InChI=1S/C23H34BrN3O2/c1-25(21-6-4-3-5-7-21)16-17-26(2)22(28)19-12-14-27(15-13-19)23(29)18-8-10-20(24)11-9-18/h8-11,19,21H,3-7,12-17H2,1-2H3. The van der Waals surface area contributed by atoms with Crippen LogP contribution >= 0.6 is 15.9 Å². The zero-order chi connectivity index (χ0) is 20.8. The van der Waals surface area contributed by atoms with E-state index in [0.717, 1.165) is 30.4 Å². The van der Waals surface area contributed by atoms with Crippen LogP contribution in [-0.4, -0.2) is 72.8 Å². The average molecular weight is 464 g/mol. The Morgan fingerprint density at radius 2 is 1.59 bits per heavy atom. The molecule has 3 rings (SSSR count). The molecule has 5 nitrogen and oxygen atoms in total. The van der Waals surface area contributed by atoms with Crippen molar-refractivity contribution in [3.05, 3.63) is 34.3 Å². The Morgan fingerprint density at radius 3 is 2.21 bits per heavy atom. The average Bonchev–Trinajstić information content (AvgIpc) is 2.77. The lowest BCUT2D eigenvalue weighted by Crippen LogP contribution is -2.45. The van der Waals surface area contributed by atoms with Gasteiger partial charge in [0.2, 0.25) is 5.91 Å². The number of hydrogen-bond acceptors (Lipinski definition) is 3. The van der Waals surface area contributed by atoms with Gasteiger partial charge in [0.1, 0.15) is 0 Å². The highest BCUT2D eigenvalue weighted by Crippen LogP contribution is 2.23. The summed E-state index contributed by atoms with van der Waals surface area (Å²) in [5.74, 6) is 0.331. The topological polar surface area (TPSA) is 43.9 Å². The maximum atomic E-state index is 12.9. The van der Waals surface area contributed by atoms with Crippen molar-refractivity contribution < 1.29 is 9.59 Å². The number of rotatable bonds is 6. The van der Waals surface area contributed by atoms with Gasteiger partial charge in [-0.25, -0.2) is 0 Å². The summed E-state index contributed by atoms with van der Waals surface area (Å²) < 4.78 is 0.968. The van der Waals surface area contributed by atoms with Gasteiger partial charge in [-0.2, -0.15) is 0 Å². The van der Waals surface area contributed by atoms with Crippen molar-refractivity contribution in [1.29, 1.82) is 0 Å². The molecule has 2 aliphatic rings. The fraction of sp³-hybridized carbons (Fsp3) is 0.652. The van der Waals surface area contributed by atoms with Gasteiger partial charge < -0.3 is 14.7 Å². The van der Waals surface area contributed by atoms with E-state index in [4.69, 9.17) is 0 Å². The molecule has 1 heterocycles. The van der Waals surface area contributed by atoms with E-state index >= 15 is 0 Å². The molecule has 160 valence electrons. The molecule has 29 heavy (non-hydrogen) atoms. The molecular formula is C23H34BrN3O2. The number of amides is 2. The number of carbonyl (C=O) groups is 2. The van der Waals surface area contributed by atoms with Crippen molar-refractivity contribution in [3.63, 3.8) is 0 Å². The SMILES string of the molecule is CN(CCN(C)C1CCCCC1)C(=O)C1CCN(C(=O)c2ccc(Br)cc2)CC1. The highest BCUT2D eigenvalue weighted by molar-refractivity contribution is 9.10. The van der Waals surface area contributed by atoms with Gasteiger partial charge >= 0.3 is 0 Å². The molecular weight excluding hydrogens is 430 g/mol. The van der Waals surface area contributed by atoms with Gasteiger partial charge in [-0.3, -0.25) is 9.59 Å². The van der Waals surface area contributed by atoms with Crippen molar-refractivity contribution in [1.82, 2.24) is 14.7 Å². The third kappa shape index (κ3) is 6.05. The zero-order valence-electron chi connectivity index (χ0n) is 17.8. The van der Waals surface area contributed by atoms with Gasteiger partial charge in [0.25, 0.3) is 5.91 Å². The van der Waals surface area contributed by atoms with Crippen molar-refractivity contribution in [3.8, 4) is 0 Å². The molecule has 0 spiro atoms. The van der Waals surface area contributed by atoms with Gasteiger partial charge in [-0.05, 0) is 57.0 Å². The van der Waals surface area contributed by atoms with Crippen molar-refractivity contribution >= 4 is 27.7 Å². The summed E-state index contributed by atoms with van der Waals surface area (Å²) in [5, 5.41) is 0. The Kier molecular flexibility index (Phi) is 8.13. The van der Waals surface area contributed by atoms with Crippen LogP contribution in [0.15, 0.2) is 28.7 Å². The molecule has 1 aliphatic carbocycles. The Balaban J connectivity index is 1.42. The third-order valence-corrected chi connectivity index (χ3v) is 7.11. The van der Waals surface area contributed by atoms with Gasteiger partial charge in [-0.15, -0.1) is 0 Å². The summed E-state index contributed by atoms with van der Waals surface area (Å²) in [6, 6.07) is 8.16. The molecule has 2 amide bonds. The number of piperidine rings is 1. The quantitative estimate of drug-likeness (QED) is 0.639. The minimum Gasteiger partial charge on any atom is -0.344 e. The van der Waals surface area contributed by atoms with Gasteiger partial charge in [0.15, 0.2) is 0 Å². The first-order chi connectivity index (χ1) is 14.0. The van der Waals surface area contributed by atoms with Crippen molar-refractivity contribution in [2.24, 2.45) is 5.92 Å². The van der Waals surface area contributed by atoms with Crippen LogP contribution in [0, 0.1) is 5.92 Å². The minimum atomic E-state index is 0.0361. The van der Waals surface area contributed by atoms with Crippen molar-refractivity contribution in [2.75, 3.05) is 40.3 Å². The molecule has 0 aromatic heterocycles. The van der Waals surface area contributed by atoms with Crippen LogP contribution in [0.2, 0.25) is 0 Å². The fourth-order valence-corrected chi connectivity index (χ4v) is 4.80. The molecule has 0 radical (unpaired) electrons. The van der Waals surface area contributed by atoms with E-state index in [9.17, 15) is 9.59 Å². The molecule has 0 N–H and O–H groups in total. The highest BCUT2D eigenvalue weighted by Gasteiger charge is 2.29. The lowest BCUT2D eigenvalue weighted by Gasteiger charge is -2.35. The normalized spacial score (nSPS) is 18.8. The van der Waals surface area contributed by atoms with E-state index in [0.29, 0.717) is 24.7 Å².